The molecule has 3 aromatic carbocycles. The largest absolute Gasteiger partial charge is 0.501 e. The minimum absolute atomic E-state index is 0. The van der Waals surface area contributed by atoms with Crippen LogP contribution in [0, 0.1) is 30.9 Å². The molecule has 47 heavy (non-hydrogen) atoms. The molecule has 0 bridgehead atoms. The Kier molecular flexibility index (Phi) is 11.6. The quantitative estimate of drug-likeness (QED) is 0.119. The Morgan fingerprint density at radius 2 is 1.57 bits per heavy atom. The van der Waals surface area contributed by atoms with Crippen LogP contribution in [-0.2, 0) is 32.9 Å². The first-order chi connectivity index (χ1) is 22.2. The van der Waals surface area contributed by atoms with Crippen molar-refractivity contribution in [2.45, 2.75) is 76.6 Å². The number of pyridine rings is 2. The zero-order valence-electron chi connectivity index (χ0n) is 28.6. The molecule has 0 amide bonds. The van der Waals surface area contributed by atoms with Gasteiger partial charge in [0.25, 0.3) is 0 Å². The first-order valence-corrected chi connectivity index (χ1v) is 24.3. The van der Waals surface area contributed by atoms with Crippen molar-refractivity contribution in [3.63, 3.8) is 0 Å². The second-order valence-corrected chi connectivity index (χ2v) is 25.0. The van der Waals surface area contributed by atoms with E-state index >= 15 is 0 Å². The van der Waals surface area contributed by atoms with E-state index in [1.165, 1.54) is 42.4 Å². The summed E-state index contributed by atoms with van der Waals surface area (Å²) >= 11 is -1.86. The molecule has 1 aliphatic rings. The van der Waals surface area contributed by atoms with E-state index < -0.39 is 13.3 Å². The molecule has 0 spiro atoms. The second kappa shape index (κ2) is 15.4. The van der Waals surface area contributed by atoms with Crippen molar-refractivity contribution in [1.82, 2.24) is 9.97 Å². The van der Waals surface area contributed by atoms with Crippen molar-refractivity contribution < 1.29 is 24.5 Å². The number of rotatable bonds is 7. The summed E-state index contributed by atoms with van der Waals surface area (Å²) in [6.45, 7) is 6.77. The molecular formula is C42H46GeIrN2O-2. The van der Waals surface area contributed by atoms with Gasteiger partial charge >= 0.3 is 126 Å². The maximum Gasteiger partial charge on any atom is 0.120 e. The number of para-hydroxylation sites is 1. The van der Waals surface area contributed by atoms with Crippen molar-refractivity contribution in [2.24, 2.45) is 11.8 Å². The Morgan fingerprint density at radius 3 is 2.28 bits per heavy atom. The number of hydrogen-bond acceptors (Lipinski definition) is 3. The van der Waals surface area contributed by atoms with E-state index in [-0.39, 0.29) is 20.1 Å². The van der Waals surface area contributed by atoms with Gasteiger partial charge in [-0.3, -0.25) is 0 Å². The predicted molar refractivity (Wildman–Crippen MR) is 196 cm³/mol. The van der Waals surface area contributed by atoms with Crippen molar-refractivity contribution >= 4 is 39.6 Å². The molecule has 1 saturated carbocycles. The normalized spacial score (nSPS) is 13.5. The van der Waals surface area contributed by atoms with Gasteiger partial charge in [-0.15, -0.1) is 18.2 Å². The number of fused-ring (bicyclic) bond motifs is 3. The van der Waals surface area contributed by atoms with E-state index in [9.17, 15) is 0 Å². The molecule has 1 fully saturated rings. The average molecular weight is 860 g/mol. The zero-order valence-corrected chi connectivity index (χ0v) is 33.1. The van der Waals surface area contributed by atoms with Gasteiger partial charge in [-0.1, -0.05) is 66.5 Å². The molecule has 245 valence electrons. The minimum atomic E-state index is -1.86. The van der Waals surface area contributed by atoms with Crippen molar-refractivity contribution in [1.29, 1.82) is 0 Å². The van der Waals surface area contributed by atoms with E-state index in [4.69, 9.17) is 14.4 Å². The maximum atomic E-state index is 6.14. The molecule has 5 heteroatoms. The van der Waals surface area contributed by atoms with Gasteiger partial charge in [-0.05, 0) is 36.6 Å². The summed E-state index contributed by atoms with van der Waals surface area (Å²) in [7, 11) is 0. The Balaban J connectivity index is 0.000000188. The molecule has 3 heterocycles. The topological polar surface area (TPSA) is 38.9 Å². The number of furan rings is 1. The molecule has 7 rings (SSSR count). The predicted octanol–water partition coefficient (Wildman–Crippen LogP) is 10.8. The molecular weight excluding hydrogens is 813 g/mol. The summed E-state index contributed by atoms with van der Waals surface area (Å²) < 4.78 is 7.68. The van der Waals surface area contributed by atoms with Gasteiger partial charge < -0.3 is 9.40 Å². The van der Waals surface area contributed by atoms with Crippen LogP contribution in [0.15, 0.2) is 89.6 Å². The monoisotopic (exact) mass is 861 g/mol. The second-order valence-electron chi connectivity index (χ2n) is 14.4. The first kappa shape index (κ1) is 35.3. The summed E-state index contributed by atoms with van der Waals surface area (Å²) in [6.07, 6.45) is 12.0. The fraction of sp³-hybridized carbons (Fsp3) is 0.333. The van der Waals surface area contributed by atoms with Crippen molar-refractivity contribution in [3.8, 4) is 22.5 Å². The summed E-state index contributed by atoms with van der Waals surface area (Å²) in [4.78, 5) is 9.48. The van der Waals surface area contributed by atoms with Crippen LogP contribution in [0.5, 0.6) is 0 Å². The average Bonchev–Trinajstić information content (AvgIpc) is 3.70. The van der Waals surface area contributed by atoms with Crippen molar-refractivity contribution in [2.75, 3.05) is 0 Å². The number of nitrogens with zero attached hydrogens (tertiary/aromatic N) is 2. The van der Waals surface area contributed by atoms with Crippen LogP contribution in [0.3, 0.4) is 0 Å². The molecule has 3 aromatic heterocycles. The van der Waals surface area contributed by atoms with Crippen molar-refractivity contribution in [3.05, 3.63) is 114 Å². The third-order valence-corrected chi connectivity index (χ3v) is 13.5. The SMILES string of the molecule is CC(C)Cc1cc(-c2[c-]cccc2)nc[c]1[Ge]([CH3])([CH3])[CH3].Cc1cc(-c2[c-]ccc3c2oc2ccccc23)ncc1CC1CCCC1.[Ir]. The summed E-state index contributed by atoms with van der Waals surface area (Å²) in [5.74, 6) is 8.83. The van der Waals surface area contributed by atoms with Gasteiger partial charge in [-0.25, -0.2) is 0 Å². The van der Waals surface area contributed by atoms with Gasteiger partial charge in [0.05, 0.1) is 5.58 Å². The maximum absolute atomic E-state index is 6.14. The molecule has 0 unspecified atom stereocenters. The minimum Gasteiger partial charge on any atom is -0.501 e. The summed E-state index contributed by atoms with van der Waals surface area (Å²) in [5, 5.41) is 2.27. The zero-order chi connectivity index (χ0) is 32.3. The Labute approximate surface area is 297 Å². The molecule has 0 atom stereocenters. The molecule has 3 nitrogen and oxygen atoms in total. The van der Waals surface area contributed by atoms with E-state index in [0.717, 1.165) is 63.2 Å². The Morgan fingerprint density at radius 1 is 0.830 bits per heavy atom. The third kappa shape index (κ3) is 8.34. The molecule has 1 radical (unpaired) electrons. The molecule has 6 aromatic rings. The van der Waals surface area contributed by atoms with Crippen LogP contribution in [0.25, 0.3) is 44.5 Å². The van der Waals surface area contributed by atoms with Crippen LogP contribution < -0.4 is 4.40 Å². The fourth-order valence-corrected chi connectivity index (χ4v) is 10.2. The van der Waals surface area contributed by atoms with E-state index in [1.54, 1.807) is 4.40 Å². The van der Waals surface area contributed by atoms with Crippen LogP contribution in [-0.4, -0.2) is 23.2 Å². The fourth-order valence-electron chi connectivity index (χ4n) is 6.82. The Bertz CT molecular complexity index is 1930. The number of aromatic nitrogens is 2. The smallest absolute Gasteiger partial charge is 0.120 e. The van der Waals surface area contributed by atoms with Gasteiger partial charge in [0.2, 0.25) is 0 Å². The molecule has 0 saturated heterocycles. The van der Waals surface area contributed by atoms with E-state index in [1.807, 2.05) is 42.5 Å². The standard InChI is InChI=1S/C24H22NO.C18H24GeN.Ir/c1-16-13-22(25-15-18(16)14-17-7-2-3-8-17)21-11-6-10-20-19-9-4-5-12-23(19)26-24(20)21;1-14(2)11-16-12-18(15-9-7-6-8-10-15)20-13-17(16)19(3,4)5;/h4-6,9-10,12-13,15,17H,2-3,7-8,14H2,1H3;6-9,12-14H,11H2,1-5H3;/q2*-1;. The first-order valence-electron chi connectivity index (χ1n) is 16.9. The van der Waals surface area contributed by atoms with Gasteiger partial charge in [-0.2, -0.15) is 0 Å². The van der Waals surface area contributed by atoms with Gasteiger partial charge in [0, 0.05) is 31.7 Å². The molecule has 0 N–H and O–H groups in total. The van der Waals surface area contributed by atoms with E-state index in [2.05, 4.69) is 92.9 Å². The van der Waals surface area contributed by atoms with Gasteiger partial charge in [0.15, 0.2) is 0 Å². The molecule has 1 aliphatic carbocycles. The van der Waals surface area contributed by atoms with Crippen LogP contribution in [0.1, 0.15) is 56.2 Å². The van der Waals surface area contributed by atoms with Crippen LogP contribution >= 0.6 is 0 Å². The summed E-state index contributed by atoms with van der Waals surface area (Å²) in [6, 6.07) is 31.4. The van der Waals surface area contributed by atoms with Crippen LogP contribution in [0.2, 0.25) is 17.3 Å². The van der Waals surface area contributed by atoms with Gasteiger partial charge in [0.1, 0.15) is 5.58 Å². The molecule has 0 aliphatic heterocycles. The third-order valence-electron chi connectivity index (χ3n) is 9.21. The van der Waals surface area contributed by atoms with E-state index in [0.29, 0.717) is 5.92 Å². The van der Waals surface area contributed by atoms with Crippen LogP contribution in [0.4, 0.5) is 0 Å². The summed E-state index contributed by atoms with van der Waals surface area (Å²) in [5.41, 5.74) is 10.0. The number of hydrogen-bond donors (Lipinski definition) is 0. The Hall–Kier alpha value is -3.05. The number of aryl methyl sites for hydroxylation is 1. The number of benzene rings is 3.